The molecule has 2 aromatic carbocycles. The van der Waals surface area contributed by atoms with Crippen molar-refractivity contribution < 1.29 is 13.2 Å². The number of carbonyl (C=O) groups is 1. The Morgan fingerprint density at radius 1 is 0.882 bits per heavy atom. The minimum absolute atomic E-state index is 0.127. The van der Waals surface area contributed by atoms with E-state index in [2.05, 4.69) is 9.88 Å². The first kappa shape index (κ1) is 23.1. The number of nitrogens with zero attached hydrogens (tertiary/aromatic N) is 4. The summed E-state index contributed by atoms with van der Waals surface area (Å²) in [5, 5.41) is 1.52. The molecule has 2 fully saturated rings. The number of rotatable bonds is 4. The summed E-state index contributed by atoms with van der Waals surface area (Å²) in [5.74, 6) is -0.0216. The Bertz CT molecular complexity index is 1300. The summed E-state index contributed by atoms with van der Waals surface area (Å²) in [6.07, 6.45) is 2.67. The van der Waals surface area contributed by atoms with E-state index in [1.54, 1.807) is 24.4 Å². The molecule has 3 aromatic rings. The number of aromatic nitrogens is 1. The number of sulfonamides is 1. The van der Waals surface area contributed by atoms with Gasteiger partial charge in [-0.2, -0.15) is 4.31 Å². The van der Waals surface area contributed by atoms with Crippen LogP contribution >= 0.6 is 11.6 Å². The second-order valence-corrected chi connectivity index (χ2v) is 11.1. The topological polar surface area (TPSA) is 73.8 Å². The van der Waals surface area contributed by atoms with Crippen molar-refractivity contribution in [3.63, 3.8) is 0 Å². The number of amides is 1. The molecule has 2 saturated heterocycles. The highest BCUT2D eigenvalue weighted by Crippen LogP contribution is 2.30. The average molecular weight is 499 g/mol. The minimum atomic E-state index is -3.68. The van der Waals surface area contributed by atoms with Gasteiger partial charge < -0.3 is 9.80 Å². The monoisotopic (exact) mass is 498 g/mol. The molecular formula is C25H27ClN4O3S. The lowest BCUT2D eigenvalue weighted by atomic mass is 9.96. The quantitative estimate of drug-likeness (QED) is 0.549. The average Bonchev–Trinajstić information content (AvgIpc) is 2.88. The second kappa shape index (κ2) is 9.52. The molecule has 5 rings (SSSR count). The molecule has 0 atom stereocenters. The molecule has 0 bridgehead atoms. The van der Waals surface area contributed by atoms with Gasteiger partial charge in [0.1, 0.15) is 4.90 Å². The number of carbonyl (C=O) groups excluding carboxylic acids is 1. The van der Waals surface area contributed by atoms with Crippen LogP contribution in [0.2, 0.25) is 5.02 Å². The van der Waals surface area contributed by atoms with Crippen molar-refractivity contribution in [3.8, 4) is 0 Å². The molecule has 2 aliphatic heterocycles. The number of anilines is 1. The molecule has 0 unspecified atom stereocenters. The summed E-state index contributed by atoms with van der Waals surface area (Å²) in [6, 6.07) is 16.6. The number of pyridine rings is 1. The van der Waals surface area contributed by atoms with E-state index in [0.29, 0.717) is 44.5 Å². The third-order valence-electron chi connectivity index (χ3n) is 6.80. The van der Waals surface area contributed by atoms with Crippen LogP contribution in [-0.4, -0.2) is 67.8 Å². The molecule has 0 N–H and O–H groups in total. The van der Waals surface area contributed by atoms with Crippen LogP contribution in [0.5, 0.6) is 0 Å². The third-order valence-corrected chi connectivity index (χ3v) is 9.05. The Balaban J connectivity index is 1.21. The molecule has 3 heterocycles. The Morgan fingerprint density at radius 3 is 2.32 bits per heavy atom. The zero-order chi connectivity index (χ0) is 23.7. The Kier molecular flexibility index (Phi) is 6.46. The van der Waals surface area contributed by atoms with Gasteiger partial charge in [-0.15, -0.1) is 0 Å². The smallest absolute Gasteiger partial charge is 0.245 e. The first-order valence-electron chi connectivity index (χ1n) is 11.6. The van der Waals surface area contributed by atoms with E-state index in [9.17, 15) is 13.2 Å². The van der Waals surface area contributed by atoms with E-state index >= 15 is 0 Å². The molecule has 1 aromatic heterocycles. The second-order valence-electron chi connectivity index (χ2n) is 8.77. The van der Waals surface area contributed by atoms with Crippen molar-refractivity contribution in [2.24, 2.45) is 5.92 Å². The summed E-state index contributed by atoms with van der Waals surface area (Å²) in [6.45, 7) is 3.42. The number of benzene rings is 2. The van der Waals surface area contributed by atoms with Crippen molar-refractivity contribution in [1.82, 2.24) is 14.2 Å². The number of piperidine rings is 1. The molecule has 0 aliphatic carbocycles. The fourth-order valence-corrected chi connectivity index (χ4v) is 6.79. The number of halogens is 1. The molecule has 34 heavy (non-hydrogen) atoms. The van der Waals surface area contributed by atoms with Gasteiger partial charge in [0.05, 0.1) is 16.2 Å². The molecular weight excluding hydrogens is 472 g/mol. The maximum atomic E-state index is 13.4. The van der Waals surface area contributed by atoms with Gasteiger partial charge in [-0.05, 0) is 37.1 Å². The van der Waals surface area contributed by atoms with Gasteiger partial charge >= 0.3 is 0 Å². The van der Waals surface area contributed by atoms with Gasteiger partial charge in [0.2, 0.25) is 15.9 Å². The van der Waals surface area contributed by atoms with Gasteiger partial charge in [0.25, 0.3) is 0 Å². The van der Waals surface area contributed by atoms with Gasteiger partial charge in [-0.1, -0.05) is 41.9 Å². The van der Waals surface area contributed by atoms with Crippen LogP contribution in [0.1, 0.15) is 12.8 Å². The summed E-state index contributed by atoms with van der Waals surface area (Å²) in [7, 11) is -3.68. The van der Waals surface area contributed by atoms with Crippen molar-refractivity contribution in [3.05, 3.63) is 65.8 Å². The maximum Gasteiger partial charge on any atom is 0.245 e. The molecule has 9 heteroatoms. The zero-order valence-corrected chi connectivity index (χ0v) is 20.4. The molecule has 178 valence electrons. The number of piperazine rings is 1. The highest BCUT2D eigenvalue weighted by atomic mass is 35.5. The SMILES string of the molecule is O=C(C1CCN(S(=O)(=O)c2cccc3cccnc23)CC1)N1CCN(c2ccccc2Cl)CC1. The lowest BCUT2D eigenvalue weighted by Crippen LogP contribution is -2.52. The van der Waals surface area contributed by atoms with Gasteiger partial charge in [0, 0.05) is 56.8 Å². The van der Waals surface area contributed by atoms with E-state index in [4.69, 9.17) is 11.6 Å². The predicted octanol–water partition coefficient (Wildman–Crippen LogP) is 3.64. The van der Waals surface area contributed by atoms with E-state index in [1.807, 2.05) is 41.3 Å². The molecule has 7 nitrogen and oxygen atoms in total. The molecule has 0 radical (unpaired) electrons. The van der Waals surface area contributed by atoms with Gasteiger partial charge in [-0.3, -0.25) is 9.78 Å². The number of fused-ring (bicyclic) bond motifs is 1. The molecule has 2 aliphatic rings. The Morgan fingerprint density at radius 2 is 1.59 bits per heavy atom. The lowest BCUT2D eigenvalue weighted by Gasteiger charge is -2.39. The van der Waals surface area contributed by atoms with Crippen molar-refractivity contribution in [2.45, 2.75) is 17.7 Å². The first-order chi connectivity index (χ1) is 16.4. The highest BCUT2D eigenvalue weighted by molar-refractivity contribution is 7.89. The maximum absolute atomic E-state index is 13.4. The van der Waals surface area contributed by atoms with Crippen LogP contribution in [0.15, 0.2) is 65.7 Å². The van der Waals surface area contributed by atoms with Crippen molar-refractivity contribution in [2.75, 3.05) is 44.2 Å². The Hall–Kier alpha value is -2.68. The normalized spacial score (nSPS) is 18.4. The summed E-state index contributed by atoms with van der Waals surface area (Å²) >= 11 is 6.33. The van der Waals surface area contributed by atoms with Crippen LogP contribution < -0.4 is 4.90 Å². The standard InChI is InChI=1S/C25H27ClN4O3S/c26-21-7-1-2-8-22(21)28-15-17-29(18-16-28)25(31)20-10-13-30(14-11-20)34(32,33)23-9-3-5-19-6-4-12-27-24(19)23/h1-9,12,20H,10-11,13-18H2. The van der Waals surface area contributed by atoms with Crippen LogP contribution in [0.4, 0.5) is 5.69 Å². The fraction of sp³-hybridized carbons (Fsp3) is 0.360. The summed E-state index contributed by atoms with van der Waals surface area (Å²) in [5.41, 5.74) is 1.48. The van der Waals surface area contributed by atoms with Crippen LogP contribution in [0.25, 0.3) is 10.9 Å². The van der Waals surface area contributed by atoms with E-state index in [1.165, 1.54) is 4.31 Å². The van der Waals surface area contributed by atoms with Crippen LogP contribution in [0.3, 0.4) is 0 Å². The van der Waals surface area contributed by atoms with Gasteiger partial charge in [0.15, 0.2) is 0 Å². The fourth-order valence-electron chi connectivity index (χ4n) is 4.90. The lowest BCUT2D eigenvalue weighted by molar-refractivity contribution is -0.137. The number of hydrogen-bond acceptors (Lipinski definition) is 5. The number of para-hydroxylation sites is 2. The molecule has 0 spiro atoms. The summed E-state index contributed by atoms with van der Waals surface area (Å²) < 4.78 is 28.2. The van der Waals surface area contributed by atoms with Crippen LogP contribution in [-0.2, 0) is 14.8 Å². The number of hydrogen-bond donors (Lipinski definition) is 0. The van der Waals surface area contributed by atoms with E-state index < -0.39 is 10.0 Å². The van der Waals surface area contributed by atoms with Crippen molar-refractivity contribution >= 4 is 44.1 Å². The van der Waals surface area contributed by atoms with Crippen molar-refractivity contribution in [1.29, 1.82) is 0 Å². The predicted molar refractivity (Wildman–Crippen MR) is 133 cm³/mol. The minimum Gasteiger partial charge on any atom is -0.367 e. The molecule has 0 saturated carbocycles. The first-order valence-corrected chi connectivity index (χ1v) is 13.4. The van der Waals surface area contributed by atoms with E-state index in [-0.39, 0.29) is 16.7 Å². The molecule has 1 amide bonds. The highest BCUT2D eigenvalue weighted by Gasteiger charge is 2.35. The third kappa shape index (κ3) is 4.37. The summed E-state index contributed by atoms with van der Waals surface area (Å²) in [4.78, 5) is 21.8. The van der Waals surface area contributed by atoms with E-state index in [0.717, 1.165) is 29.2 Å². The van der Waals surface area contributed by atoms with Gasteiger partial charge in [-0.25, -0.2) is 8.42 Å². The zero-order valence-electron chi connectivity index (χ0n) is 18.8. The van der Waals surface area contributed by atoms with Crippen LogP contribution in [0, 0.1) is 5.92 Å². The Labute approximate surface area is 205 Å². The largest absolute Gasteiger partial charge is 0.367 e.